The Morgan fingerprint density at radius 1 is 1.09 bits per heavy atom. The quantitative estimate of drug-likeness (QED) is 0.345. The number of rotatable bonds is 4. The van der Waals surface area contributed by atoms with Crippen LogP contribution in [0.25, 0.3) is 10.8 Å². The van der Waals surface area contributed by atoms with Crippen LogP contribution in [0.5, 0.6) is 0 Å². The number of benzene rings is 2. The van der Waals surface area contributed by atoms with Gasteiger partial charge in [0.25, 0.3) is 17.7 Å². The van der Waals surface area contributed by atoms with Crippen LogP contribution in [-0.4, -0.2) is 78.6 Å². The Balaban J connectivity index is 1.40. The number of anilines is 2. The predicted octanol–water partition coefficient (Wildman–Crippen LogP) is 1.80. The Kier molecular flexibility index (Phi) is 5.40. The second kappa shape index (κ2) is 8.41. The van der Waals surface area contributed by atoms with Crippen molar-refractivity contribution in [3.8, 4) is 0 Å². The summed E-state index contributed by atoms with van der Waals surface area (Å²) in [5.41, 5.74) is 8.19. The maximum Gasteiger partial charge on any atom is 0.278 e. The van der Waals surface area contributed by atoms with E-state index in [-0.39, 0.29) is 23.4 Å². The number of amides is 3. The number of oxime groups is 1. The average Bonchev–Trinajstić information content (AvgIpc) is 3.29. The van der Waals surface area contributed by atoms with Crippen molar-refractivity contribution in [2.75, 3.05) is 51.0 Å². The van der Waals surface area contributed by atoms with Gasteiger partial charge in [0, 0.05) is 66.2 Å². The minimum atomic E-state index is -0.302. The van der Waals surface area contributed by atoms with Crippen molar-refractivity contribution in [3.05, 3.63) is 52.5 Å². The molecular weight excluding hydrogens is 456 g/mol. The maximum atomic E-state index is 13.1. The van der Waals surface area contributed by atoms with Gasteiger partial charge in [0.05, 0.1) is 0 Å². The normalized spacial score (nSPS) is 16.4. The molecule has 1 saturated heterocycles. The maximum absolute atomic E-state index is 13.1. The Morgan fingerprint density at radius 3 is 2.44 bits per heavy atom. The Bertz CT molecular complexity index is 1340. The number of aromatic nitrogens is 1. The molecule has 34 heavy (non-hydrogen) atoms. The molecule has 3 heterocycles. The molecule has 1 aromatic heterocycles. The van der Waals surface area contributed by atoms with Crippen LogP contribution < -0.4 is 10.6 Å². The zero-order valence-corrected chi connectivity index (χ0v) is 19.5. The van der Waals surface area contributed by atoms with Crippen LogP contribution in [0.1, 0.15) is 26.4 Å². The highest BCUT2D eigenvalue weighted by molar-refractivity contribution is 7.13. The fraction of sp³-hybridized carbons (Fsp3) is 0.261. The number of nitrogens with two attached hydrogens (primary N) is 1. The Morgan fingerprint density at radius 2 is 1.79 bits per heavy atom. The topological polar surface area (TPSA) is 121 Å². The van der Waals surface area contributed by atoms with Gasteiger partial charge < -0.3 is 20.4 Å². The zero-order chi connectivity index (χ0) is 24.0. The van der Waals surface area contributed by atoms with Crippen LogP contribution in [0.4, 0.5) is 10.8 Å². The third-order valence-electron chi connectivity index (χ3n) is 6.14. The Hall–Kier alpha value is -3.99. The van der Waals surface area contributed by atoms with Gasteiger partial charge >= 0.3 is 0 Å². The first-order chi connectivity index (χ1) is 16.4. The average molecular weight is 479 g/mol. The minimum Gasteiger partial charge on any atom is -0.398 e. The van der Waals surface area contributed by atoms with Crippen molar-refractivity contribution in [3.63, 3.8) is 0 Å². The number of carbonyl (C=O) groups excluding carboxylic acids is 3. The summed E-state index contributed by atoms with van der Waals surface area (Å²) < 4.78 is 0. The highest BCUT2D eigenvalue weighted by Crippen LogP contribution is 2.36. The monoisotopic (exact) mass is 478 g/mol. The summed E-state index contributed by atoms with van der Waals surface area (Å²) in [7, 11) is 2.88. The third kappa shape index (κ3) is 3.45. The van der Waals surface area contributed by atoms with Crippen LogP contribution in [-0.2, 0) is 9.63 Å². The standard InChI is InChI=1S/C23H22N6O4S/c1-27-20(30)14-5-3-4-13-17(7-6-15(18(13)14)21(27)31)28-8-10-29(11-9-28)22(32)19(26-33-2)16-12-34-23(24)25-16/h3-7,12H,8-11H2,1-2H3,(H2,24,25)/b26-19-. The molecule has 11 heteroatoms. The molecule has 5 rings (SSSR count). The lowest BCUT2D eigenvalue weighted by Crippen LogP contribution is -2.51. The fourth-order valence-corrected chi connectivity index (χ4v) is 5.01. The third-order valence-corrected chi connectivity index (χ3v) is 6.82. The SMILES string of the molecule is CO/N=C(\C(=O)N1CCN(c2ccc3c4c(cccc24)C(=O)N(C)C3=O)CC1)c1csc(N)n1. The first-order valence-electron chi connectivity index (χ1n) is 10.7. The molecular formula is C23H22N6O4S. The molecule has 10 nitrogen and oxygen atoms in total. The molecule has 1 fully saturated rings. The Labute approximate surface area is 199 Å². The number of nitrogens with zero attached hydrogens (tertiary/aromatic N) is 5. The molecule has 0 radical (unpaired) electrons. The molecule has 2 aromatic carbocycles. The van der Waals surface area contributed by atoms with E-state index in [1.165, 1.54) is 25.5 Å². The van der Waals surface area contributed by atoms with Crippen LogP contribution in [0.15, 0.2) is 40.9 Å². The molecule has 2 aliphatic heterocycles. The summed E-state index contributed by atoms with van der Waals surface area (Å²) in [6.45, 7) is 2.08. The summed E-state index contributed by atoms with van der Waals surface area (Å²) in [6.07, 6.45) is 0. The van der Waals surface area contributed by atoms with Crippen LogP contribution in [0.2, 0.25) is 0 Å². The second-order valence-electron chi connectivity index (χ2n) is 8.00. The van der Waals surface area contributed by atoms with Crippen molar-refractivity contribution >= 4 is 56.4 Å². The van der Waals surface area contributed by atoms with Crippen molar-refractivity contribution < 1.29 is 19.2 Å². The lowest BCUT2D eigenvalue weighted by atomic mass is 9.93. The van der Waals surface area contributed by atoms with Crippen molar-refractivity contribution in [2.24, 2.45) is 5.16 Å². The van der Waals surface area contributed by atoms with Gasteiger partial charge in [0.2, 0.25) is 0 Å². The van der Waals surface area contributed by atoms with Crippen LogP contribution in [0, 0.1) is 0 Å². The molecule has 0 aliphatic carbocycles. The molecule has 3 amide bonds. The van der Waals surface area contributed by atoms with E-state index in [0.29, 0.717) is 53.5 Å². The molecule has 174 valence electrons. The molecule has 2 aliphatic rings. The van der Waals surface area contributed by atoms with Gasteiger partial charge in [-0.25, -0.2) is 4.98 Å². The number of imide groups is 1. The number of hydrogen-bond acceptors (Lipinski definition) is 9. The number of hydrogen-bond donors (Lipinski definition) is 1. The van der Waals surface area contributed by atoms with E-state index in [0.717, 1.165) is 16.0 Å². The molecule has 0 saturated carbocycles. The van der Waals surface area contributed by atoms with Gasteiger partial charge in [-0.3, -0.25) is 19.3 Å². The van der Waals surface area contributed by atoms with Crippen molar-refractivity contribution in [2.45, 2.75) is 0 Å². The number of thiazole rings is 1. The van der Waals surface area contributed by atoms with Crippen molar-refractivity contribution in [1.29, 1.82) is 0 Å². The van der Waals surface area contributed by atoms with Crippen LogP contribution >= 0.6 is 11.3 Å². The van der Waals surface area contributed by atoms with Crippen molar-refractivity contribution in [1.82, 2.24) is 14.8 Å². The van der Waals surface area contributed by atoms with E-state index < -0.39 is 0 Å². The molecule has 0 atom stereocenters. The zero-order valence-electron chi connectivity index (χ0n) is 18.6. The molecule has 0 unspecified atom stereocenters. The number of piperazine rings is 1. The number of carbonyl (C=O) groups is 3. The number of nitrogen functional groups attached to an aromatic ring is 1. The van der Waals surface area contributed by atoms with E-state index in [9.17, 15) is 14.4 Å². The summed E-state index contributed by atoms with van der Waals surface area (Å²) in [5, 5.41) is 7.45. The molecule has 0 spiro atoms. The summed E-state index contributed by atoms with van der Waals surface area (Å²) >= 11 is 1.23. The summed E-state index contributed by atoms with van der Waals surface area (Å²) in [4.78, 5) is 52.5. The second-order valence-corrected chi connectivity index (χ2v) is 8.89. The first kappa shape index (κ1) is 21.8. The van der Waals surface area contributed by atoms with E-state index in [4.69, 9.17) is 10.6 Å². The highest BCUT2D eigenvalue weighted by Gasteiger charge is 2.32. The lowest BCUT2D eigenvalue weighted by molar-refractivity contribution is -0.124. The van der Waals surface area contributed by atoms with Gasteiger partial charge in [-0.05, 0) is 18.2 Å². The molecule has 0 bridgehead atoms. The van der Waals surface area contributed by atoms with Gasteiger partial charge in [0.1, 0.15) is 12.8 Å². The minimum absolute atomic E-state index is 0.117. The van der Waals surface area contributed by atoms with Gasteiger partial charge in [0.15, 0.2) is 10.8 Å². The van der Waals surface area contributed by atoms with Gasteiger partial charge in [-0.1, -0.05) is 17.3 Å². The lowest BCUT2D eigenvalue weighted by Gasteiger charge is -2.37. The molecule has 3 aromatic rings. The van der Waals surface area contributed by atoms with Crippen LogP contribution in [0.3, 0.4) is 0 Å². The molecule has 2 N–H and O–H groups in total. The summed E-state index contributed by atoms with van der Waals surface area (Å²) in [6, 6.07) is 9.20. The van der Waals surface area contributed by atoms with E-state index in [1.807, 2.05) is 18.2 Å². The largest absolute Gasteiger partial charge is 0.398 e. The van der Waals surface area contributed by atoms with E-state index in [1.54, 1.807) is 22.4 Å². The first-order valence-corrected chi connectivity index (χ1v) is 11.5. The van der Waals surface area contributed by atoms with Gasteiger partial charge in [-0.2, -0.15) is 0 Å². The fourth-order valence-electron chi connectivity index (χ4n) is 4.46. The van der Waals surface area contributed by atoms with E-state index >= 15 is 0 Å². The van der Waals surface area contributed by atoms with E-state index in [2.05, 4.69) is 15.0 Å². The summed E-state index contributed by atoms with van der Waals surface area (Å²) in [5.74, 6) is -0.880. The smallest absolute Gasteiger partial charge is 0.278 e. The van der Waals surface area contributed by atoms with Gasteiger partial charge in [-0.15, -0.1) is 11.3 Å². The predicted molar refractivity (Wildman–Crippen MR) is 129 cm³/mol. The highest BCUT2D eigenvalue weighted by atomic mass is 32.1.